The van der Waals surface area contributed by atoms with Crippen LogP contribution in [0.25, 0.3) is 0 Å². The molecular weight excluding hydrogens is 362 g/mol. The number of rotatable bonds is 9. The number of hydrogen-bond acceptors (Lipinski definition) is 4. The average molecular weight is 396 g/mol. The summed E-state index contributed by atoms with van der Waals surface area (Å²) >= 11 is 0. The minimum absolute atomic E-state index is 0.0424. The van der Waals surface area contributed by atoms with Gasteiger partial charge in [0.15, 0.2) is 0 Å². The van der Waals surface area contributed by atoms with Gasteiger partial charge in [0.2, 0.25) is 0 Å². The van der Waals surface area contributed by atoms with E-state index in [0.717, 1.165) is 57.8 Å². The number of carbonyl (C=O) groups excluding carboxylic acids is 1. The van der Waals surface area contributed by atoms with Crippen molar-refractivity contribution in [3.05, 3.63) is 59.7 Å². The molecule has 1 heterocycles. The number of hydrogen-bond donors (Lipinski definition) is 1. The van der Waals surface area contributed by atoms with Gasteiger partial charge in [-0.25, -0.2) is 0 Å². The number of carbonyl (C=O) groups is 1. The Morgan fingerprint density at radius 1 is 1.00 bits per heavy atom. The zero-order chi connectivity index (χ0) is 20.5. The Bertz CT molecular complexity index is 751. The second kappa shape index (κ2) is 10.9. The number of ether oxygens (including phenoxy) is 1. The molecule has 1 N–H and O–H groups in total. The summed E-state index contributed by atoms with van der Waals surface area (Å²) in [6, 6.07) is 16.1. The molecule has 1 aliphatic heterocycles. The summed E-state index contributed by atoms with van der Waals surface area (Å²) in [6.07, 6.45) is 2.98. The van der Waals surface area contributed by atoms with Gasteiger partial charge < -0.3 is 19.9 Å². The summed E-state index contributed by atoms with van der Waals surface area (Å²) in [5.41, 5.74) is 3.19. The third-order valence-electron chi connectivity index (χ3n) is 5.39. The molecule has 0 aromatic heterocycles. The van der Waals surface area contributed by atoms with Gasteiger partial charge in [-0.15, -0.1) is 0 Å². The van der Waals surface area contributed by atoms with E-state index < -0.39 is 0 Å². The summed E-state index contributed by atoms with van der Waals surface area (Å²) in [6.45, 7) is 7.86. The molecule has 2 aromatic rings. The van der Waals surface area contributed by atoms with Crippen LogP contribution in [0.5, 0.6) is 5.75 Å². The van der Waals surface area contributed by atoms with Crippen molar-refractivity contribution >= 4 is 11.6 Å². The number of amides is 1. The quantitative estimate of drug-likeness (QED) is 0.659. The molecule has 0 atom stereocenters. The lowest BCUT2D eigenvalue weighted by atomic mass is 10.1. The first-order valence-corrected chi connectivity index (χ1v) is 10.7. The van der Waals surface area contributed by atoms with Gasteiger partial charge in [-0.2, -0.15) is 0 Å². The summed E-state index contributed by atoms with van der Waals surface area (Å²) in [5, 5.41) is 3.01. The Hall–Kier alpha value is -2.53. The van der Waals surface area contributed by atoms with Gasteiger partial charge in [-0.3, -0.25) is 4.79 Å². The van der Waals surface area contributed by atoms with E-state index in [-0.39, 0.29) is 5.91 Å². The first-order chi connectivity index (χ1) is 14.2. The lowest BCUT2D eigenvalue weighted by molar-refractivity contribution is 0.0954. The van der Waals surface area contributed by atoms with Crippen molar-refractivity contribution in [3.63, 3.8) is 0 Å². The first kappa shape index (κ1) is 21.2. The molecule has 0 radical (unpaired) electrons. The minimum Gasteiger partial charge on any atom is -0.494 e. The first-order valence-electron chi connectivity index (χ1n) is 10.7. The van der Waals surface area contributed by atoms with Crippen LogP contribution in [0.1, 0.15) is 35.7 Å². The van der Waals surface area contributed by atoms with Gasteiger partial charge in [0, 0.05) is 44.0 Å². The predicted molar refractivity (Wildman–Crippen MR) is 119 cm³/mol. The van der Waals surface area contributed by atoms with E-state index in [1.54, 1.807) is 0 Å². The van der Waals surface area contributed by atoms with Gasteiger partial charge in [0.25, 0.3) is 5.91 Å². The number of benzene rings is 2. The molecule has 1 fully saturated rings. The third-order valence-corrected chi connectivity index (χ3v) is 5.39. The number of likely N-dealkylation sites (N-methyl/N-ethyl adjacent to an activating group) is 1. The molecule has 0 aliphatic carbocycles. The van der Waals surface area contributed by atoms with Gasteiger partial charge in [-0.05, 0) is 61.9 Å². The molecule has 0 bridgehead atoms. The summed E-state index contributed by atoms with van der Waals surface area (Å²) in [7, 11) is 2.17. The van der Waals surface area contributed by atoms with Crippen LogP contribution in [0, 0.1) is 0 Å². The fraction of sp³-hybridized carbons (Fsp3) is 0.458. The third kappa shape index (κ3) is 6.50. The van der Waals surface area contributed by atoms with E-state index >= 15 is 0 Å². The molecule has 1 amide bonds. The topological polar surface area (TPSA) is 44.8 Å². The van der Waals surface area contributed by atoms with Crippen LogP contribution in [0.3, 0.4) is 0 Å². The molecule has 2 aromatic carbocycles. The van der Waals surface area contributed by atoms with Gasteiger partial charge in [0.05, 0.1) is 6.61 Å². The van der Waals surface area contributed by atoms with Gasteiger partial charge in [0.1, 0.15) is 5.75 Å². The lowest BCUT2D eigenvalue weighted by Gasteiger charge is -2.34. The molecule has 0 spiro atoms. The van der Waals surface area contributed by atoms with Crippen LogP contribution in [0.15, 0.2) is 48.5 Å². The second-order valence-electron chi connectivity index (χ2n) is 7.69. The van der Waals surface area contributed by atoms with Crippen molar-refractivity contribution in [1.82, 2.24) is 10.2 Å². The van der Waals surface area contributed by atoms with Crippen LogP contribution in [0.2, 0.25) is 0 Å². The molecule has 5 heteroatoms. The van der Waals surface area contributed by atoms with E-state index in [2.05, 4.69) is 53.4 Å². The molecule has 156 valence electrons. The van der Waals surface area contributed by atoms with E-state index in [4.69, 9.17) is 4.74 Å². The molecule has 0 saturated carbocycles. The minimum atomic E-state index is -0.0424. The molecule has 29 heavy (non-hydrogen) atoms. The number of anilines is 1. The van der Waals surface area contributed by atoms with Crippen molar-refractivity contribution in [2.24, 2.45) is 0 Å². The highest BCUT2D eigenvalue weighted by Crippen LogP contribution is 2.17. The van der Waals surface area contributed by atoms with Crippen LogP contribution >= 0.6 is 0 Å². The van der Waals surface area contributed by atoms with E-state index in [9.17, 15) is 4.79 Å². The van der Waals surface area contributed by atoms with E-state index in [1.165, 1.54) is 11.3 Å². The van der Waals surface area contributed by atoms with Crippen molar-refractivity contribution in [1.29, 1.82) is 0 Å². The van der Waals surface area contributed by atoms with E-state index in [0.29, 0.717) is 12.1 Å². The second-order valence-corrected chi connectivity index (χ2v) is 7.69. The molecular formula is C24H33N3O2. The number of piperazine rings is 1. The summed E-state index contributed by atoms with van der Waals surface area (Å²) in [4.78, 5) is 17.1. The maximum Gasteiger partial charge on any atom is 0.251 e. The van der Waals surface area contributed by atoms with E-state index in [1.807, 2.05) is 24.3 Å². The van der Waals surface area contributed by atoms with Crippen LogP contribution in [-0.2, 0) is 6.42 Å². The van der Waals surface area contributed by atoms with Crippen molar-refractivity contribution in [2.45, 2.75) is 26.2 Å². The Kier molecular flexibility index (Phi) is 7.94. The Morgan fingerprint density at radius 3 is 2.34 bits per heavy atom. The number of unbranched alkanes of at least 4 members (excludes halogenated alkanes) is 1. The SMILES string of the molecule is CCCCOc1ccc(C(=O)NCCc2ccc(N3CCN(C)CC3)cc2)cc1. The highest BCUT2D eigenvalue weighted by molar-refractivity contribution is 5.94. The van der Waals surface area contributed by atoms with Gasteiger partial charge >= 0.3 is 0 Å². The predicted octanol–water partition coefficient (Wildman–Crippen LogP) is 3.59. The van der Waals surface area contributed by atoms with Gasteiger partial charge in [-0.1, -0.05) is 25.5 Å². The Balaban J connectivity index is 1.41. The van der Waals surface area contributed by atoms with Crippen LogP contribution in [0.4, 0.5) is 5.69 Å². The molecule has 1 saturated heterocycles. The highest BCUT2D eigenvalue weighted by atomic mass is 16.5. The van der Waals surface area contributed by atoms with Crippen LogP contribution in [-0.4, -0.2) is 57.2 Å². The fourth-order valence-electron chi connectivity index (χ4n) is 3.40. The Morgan fingerprint density at radius 2 is 1.69 bits per heavy atom. The maximum atomic E-state index is 12.3. The summed E-state index contributed by atoms with van der Waals surface area (Å²) in [5.74, 6) is 0.773. The van der Waals surface area contributed by atoms with Crippen molar-refractivity contribution in [2.75, 3.05) is 51.3 Å². The largest absolute Gasteiger partial charge is 0.494 e. The number of nitrogens with one attached hydrogen (secondary N) is 1. The molecule has 0 unspecified atom stereocenters. The lowest BCUT2D eigenvalue weighted by Crippen LogP contribution is -2.44. The molecule has 1 aliphatic rings. The van der Waals surface area contributed by atoms with Crippen molar-refractivity contribution < 1.29 is 9.53 Å². The van der Waals surface area contributed by atoms with Crippen LogP contribution < -0.4 is 15.0 Å². The van der Waals surface area contributed by atoms with Crippen molar-refractivity contribution in [3.8, 4) is 5.75 Å². The average Bonchev–Trinajstić information content (AvgIpc) is 2.75. The normalized spacial score (nSPS) is 14.6. The fourth-order valence-corrected chi connectivity index (χ4v) is 3.40. The monoisotopic (exact) mass is 395 g/mol. The Labute approximate surface area is 174 Å². The highest BCUT2D eigenvalue weighted by Gasteiger charge is 2.14. The smallest absolute Gasteiger partial charge is 0.251 e. The summed E-state index contributed by atoms with van der Waals surface area (Å²) < 4.78 is 5.64. The zero-order valence-corrected chi connectivity index (χ0v) is 17.7. The standard InChI is InChI=1S/C24H33N3O2/c1-3-4-19-29-23-11-7-21(8-12-23)24(28)25-14-13-20-5-9-22(10-6-20)27-17-15-26(2)16-18-27/h5-12H,3-4,13-19H2,1-2H3,(H,25,28). The zero-order valence-electron chi connectivity index (χ0n) is 17.7. The molecule has 3 rings (SSSR count). The maximum absolute atomic E-state index is 12.3. The molecule has 5 nitrogen and oxygen atoms in total. The number of nitrogens with zero attached hydrogens (tertiary/aromatic N) is 2.